The molecule has 0 spiro atoms. The molecule has 0 bridgehead atoms. The van der Waals surface area contributed by atoms with Gasteiger partial charge in [-0.25, -0.2) is 8.60 Å². The maximum atomic E-state index is 14.9. The third-order valence-electron chi connectivity index (χ3n) is 4.91. The average Bonchev–Trinajstić information content (AvgIpc) is 3.11. The summed E-state index contributed by atoms with van der Waals surface area (Å²) in [5.41, 5.74) is 0.448. The van der Waals surface area contributed by atoms with Gasteiger partial charge in [-0.3, -0.25) is 9.79 Å². The smallest absolute Gasteiger partial charge is 0.258 e. The molecule has 1 aliphatic heterocycles. The number of carbonyl (C=O) groups is 1. The maximum Gasteiger partial charge on any atom is 0.258 e. The van der Waals surface area contributed by atoms with Crippen LogP contribution in [0.5, 0.6) is 0 Å². The zero-order chi connectivity index (χ0) is 22.8. The minimum absolute atomic E-state index is 0.0333. The van der Waals surface area contributed by atoms with Gasteiger partial charge in [0.15, 0.2) is 4.38 Å². The summed E-state index contributed by atoms with van der Waals surface area (Å²) in [6.45, 7) is 10.7. The molecule has 2 atom stereocenters. The summed E-state index contributed by atoms with van der Waals surface area (Å²) >= 11 is 1.22. The highest BCUT2D eigenvalue weighted by atomic mass is 32.2. The second-order valence-corrected chi connectivity index (χ2v) is 11.0. The number of thiol groups is 1. The first kappa shape index (κ1) is 24.5. The largest absolute Gasteiger partial charge is 0.388 e. The Morgan fingerprint density at radius 2 is 2.07 bits per heavy atom. The van der Waals surface area contributed by atoms with E-state index in [4.69, 9.17) is 0 Å². The molecule has 1 N–H and O–H groups in total. The van der Waals surface area contributed by atoms with Gasteiger partial charge in [-0.15, -0.1) is 0 Å². The molecule has 1 amide bonds. The second kappa shape index (κ2) is 9.58. The molecule has 6 nitrogen and oxygen atoms in total. The number of aliphatic imine (C=N–C) groups is 1. The van der Waals surface area contributed by atoms with E-state index in [0.29, 0.717) is 22.4 Å². The maximum absolute atomic E-state index is 14.9. The van der Waals surface area contributed by atoms with Gasteiger partial charge >= 0.3 is 0 Å². The molecule has 0 fully saturated rings. The second-order valence-electron chi connectivity index (χ2n) is 8.48. The van der Waals surface area contributed by atoms with Gasteiger partial charge in [-0.05, 0) is 48.4 Å². The molecular weight excluding hydrogens is 425 g/mol. The first-order valence-corrected chi connectivity index (χ1v) is 12.0. The molecule has 164 valence electrons. The van der Waals surface area contributed by atoms with Crippen molar-refractivity contribution in [1.82, 2.24) is 0 Å². The number of amides is 1. The van der Waals surface area contributed by atoms with Gasteiger partial charge in [0.05, 0.1) is 34.2 Å². The van der Waals surface area contributed by atoms with Gasteiger partial charge in [0.25, 0.3) is 5.91 Å². The van der Waals surface area contributed by atoms with Crippen molar-refractivity contribution in [3.63, 3.8) is 0 Å². The fourth-order valence-corrected chi connectivity index (χ4v) is 5.67. The molecule has 0 aromatic heterocycles. The molecule has 0 saturated carbocycles. The van der Waals surface area contributed by atoms with Gasteiger partial charge in [-0.2, -0.15) is 9.62 Å². The van der Waals surface area contributed by atoms with Crippen LogP contribution in [0, 0.1) is 17.1 Å². The number of hydrogen-bond donors (Lipinski definition) is 2. The Hall–Kier alpha value is -1.76. The average molecular weight is 454 g/mol. The van der Waals surface area contributed by atoms with Crippen LogP contribution in [0.25, 0.3) is 0 Å². The van der Waals surface area contributed by atoms with E-state index in [1.165, 1.54) is 17.8 Å². The lowest BCUT2D eigenvalue weighted by atomic mass is 9.85. The van der Waals surface area contributed by atoms with Crippen molar-refractivity contribution >= 4 is 32.6 Å². The summed E-state index contributed by atoms with van der Waals surface area (Å²) in [5, 5.41) is 19.3. The number of benzene rings is 1. The number of carbonyl (C=O) groups excluding carboxylic acids is 1. The van der Waals surface area contributed by atoms with Crippen LogP contribution in [0.2, 0.25) is 0 Å². The van der Waals surface area contributed by atoms with Gasteiger partial charge < -0.3 is 5.11 Å². The van der Waals surface area contributed by atoms with E-state index in [2.05, 4.69) is 9.36 Å². The first-order chi connectivity index (χ1) is 13.9. The summed E-state index contributed by atoms with van der Waals surface area (Å²) in [5.74, 6) is -1.05. The van der Waals surface area contributed by atoms with Gasteiger partial charge in [0.1, 0.15) is 11.9 Å². The van der Waals surface area contributed by atoms with Crippen LogP contribution in [0.15, 0.2) is 15.4 Å². The molecule has 2 unspecified atom stereocenters. The number of thioether (sulfide) groups is 1. The van der Waals surface area contributed by atoms with Crippen molar-refractivity contribution in [2.45, 2.75) is 71.4 Å². The van der Waals surface area contributed by atoms with Crippen molar-refractivity contribution in [2.24, 2.45) is 9.36 Å². The van der Waals surface area contributed by atoms with Crippen LogP contribution in [-0.4, -0.2) is 37.0 Å². The number of rotatable bonds is 5. The highest BCUT2D eigenvalue weighted by Gasteiger charge is 2.32. The predicted octanol–water partition coefficient (Wildman–Crippen LogP) is 3.92. The minimum Gasteiger partial charge on any atom is -0.388 e. The van der Waals surface area contributed by atoms with E-state index in [9.17, 15) is 23.8 Å². The van der Waals surface area contributed by atoms with Crippen molar-refractivity contribution < 1.29 is 18.5 Å². The van der Waals surface area contributed by atoms with Crippen molar-refractivity contribution in [1.29, 1.82) is 5.26 Å². The molecule has 1 heterocycles. The lowest BCUT2D eigenvalue weighted by Crippen LogP contribution is -2.34. The Morgan fingerprint density at radius 1 is 1.43 bits per heavy atom. The third-order valence-corrected chi connectivity index (χ3v) is 7.46. The monoisotopic (exact) mass is 453 g/mol. The molecule has 0 radical (unpaired) electrons. The predicted molar refractivity (Wildman–Crippen MR) is 120 cm³/mol. The van der Waals surface area contributed by atoms with E-state index in [0.717, 1.165) is 0 Å². The van der Waals surface area contributed by atoms with Crippen molar-refractivity contribution in [3.8, 4) is 6.07 Å². The zero-order valence-corrected chi connectivity index (χ0v) is 19.8. The molecule has 1 aromatic carbocycles. The van der Waals surface area contributed by atoms with E-state index in [1.807, 2.05) is 19.9 Å². The van der Waals surface area contributed by atoms with E-state index in [1.54, 1.807) is 27.7 Å². The Balaban J connectivity index is 2.41. The Bertz CT molecular complexity index is 998. The van der Waals surface area contributed by atoms with Crippen LogP contribution in [-0.2, 0) is 21.8 Å². The quantitative estimate of drug-likeness (QED) is 0.658. The molecule has 30 heavy (non-hydrogen) atoms. The number of nitrogens with zero attached hydrogens (tertiary/aromatic N) is 3. The molecule has 9 heteroatoms. The Morgan fingerprint density at radius 3 is 2.53 bits per heavy atom. The van der Waals surface area contributed by atoms with E-state index in [-0.39, 0.29) is 28.2 Å². The summed E-state index contributed by atoms with van der Waals surface area (Å²) in [6.07, 6.45) is -0.197. The van der Waals surface area contributed by atoms with Gasteiger partial charge in [-0.1, -0.05) is 39.5 Å². The molecule has 0 aliphatic carbocycles. The molecule has 0 saturated heterocycles. The molecular formula is C21H28FN3O3S2. The third kappa shape index (κ3) is 5.48. The lowest BCUT2D eigenvalue weighted by molar-refractivity contribution is -0.117. The summed E-state index contributed by atoms with van der Waals surface area (Å²) < 4.78 is 31.4. The van der Waals surface area contributed by atoms with Crippen LogP contribution in [0.3, 0.4) is 0 Å². The first-order valence-electron chi connectivity index (χ1n) is 9.76. The lowest BCUT2D eigenvalue weighted by Gasteiger charge is -2.21. The molecule has 1 aliphatic rings. The summed E-state index contributed by atoms with van der Waals surface area (Å²) in [4.78, 5) is 16.9. The number of halogens is 1. The fraction of sp³-hybridized carbons (Fsp3) is 0.571. The van der Waals surface area contributed by atoms with Crippen LogP contribution >= 0.6 is 11.8 Å². The Labute approximate surface area is 183 Å². The number of aliphatic hydroxyl groups is 1. The number of hydrogen-bond acceptors (Lipinski definition) is 6. The van der Waals surface area contributed by atoms with Crippen LogP contribution in [0.4, 0.5) is 4.39 Å². The minimum atomic E-state index is -2.38. The van der Waals surface area contributed by atoms with Gasteiger partial charge in [0, 0.05) is 5.75 Å². The SMILES string of the molecule is CC(C)c1cc(C#N)c(F)c(C(C)C)c1CC(=O)/N=[SH](=O)/C1=NC(C(C)(C)O)CS1. The molecule has 2 rings (SSSR count). The van der Waals surface area contributed by atoms with Crippen molar-refractivity contribution in [2.75, 3.05) is 5.75 Å². The summed E-state index contributed by atoms with van der Waals surface area (Å²) in [6, 6.07) is 2.96. The standard InChI is InChI=1S/C21H28FN3O3S2/c1-11(2)14-7-13(9-23)19(22)18(12(3)4)15(14)8-17(26)25-30(28)20-24-16(10-29-20)21(5,6)27/h7,11-12,16,27,30H,8,10H2,1-6H3. The Kier molecular flexibility index (Phi) is 7.83. The normalized spacial score (nSPS) is 18.0. The van der Waals surface area contributed by atoms with Gasteiger partial charge in [0.2, 0.25) is 0 Å². The highest BCUT2D eigenvalue weighted by molar-refractivity contribution is 8.30. The fourth-order valence-electron chi connectivity index (χ4n) is 3.29. The van der Waals surface area contributed by atoms with E-state index < -0.39 is 34.0 Å². The highest BCUT2D eigenvalue weighted by Crippen LogP contribution is 2.33. The molecule has 1 aromatic rings. The number of nitriles is 1. The zero-order valence-electron chi connectivity index (χ0n) is 18.1. The summed E-state index contributed by atoms with van der Waals surface area (Å²) in [7, 11) is -2.38. The topological polar surface area (TPSA) is 103 Å². The van der Waals surface area contributed by atoms with Crippen molar-refractivity contribution in [3.05, 3.63) is 34.1 Å². The van der Waals surface area contributed by atoms with Crippen LogP contribution < -0.4 is 0 Å². The van der Waals surface area contributed by atoms with Crippen LogP contribution in [0.1, 0.15) is 75.6 Å². The van der Waals surface area contributed by atoms with E-state index >= 15 is 0 Å².